The second kappa shape index (κ2) is 33.5. The number of phenolic OH excluding ortho intramolecular Hbond substituents is 1. The third-order valence-corrected chi connectivity index (χ3v) is 14.9. The van der Waals surface area contributed by atoms with Gasteiger partial charge in [0.05, 0.1) is 50.4 Å². The molecule has 82 heavy (non-hydrogen) atoms. The quantitative estimate of drug-likeness (QED) is 0.00511. The van der Waals surface area contributed by atoms with Gasteiger partial charge in [-0.15, -0.1) is 10.2 Å². The van der Waals surface area contributed by atoms with Crippen molar-refractivity contribution in [3.63, 3.8) is 0 Å². The highest BCUT2D eigenvalue weighted by molar-refractivity contribution is 8.00. The lowest BCUT2D eigenvalue weighted by Gasteiger charge is -2.19. The average molecular weight is 1140 g/mol. The van der Waals surface area contributed by atoms with E-state index in [9.17, 15) is 33.9 Å². The Morgan fingerprint density at radius 2 is 1.45 bits per heavy atom. The van der Waals surface area contributed by atoms with E-state index in [-0.39, 0.29) is 59.6 Å². The third-order valence-electron chi connectivity index (χ3n) is 13.3. The van der Waals surface area contributed by atoms with Crippen molar-refractivity contribution < 1.29 is 48.1 Å². The largest absolute Gasteiger partial charge is 0.506 e. The summed E-state index contributed by atoms with van der Waals surface area (Å²) in [5.74, 6) is -0.141. The van der Waals surface area contributed by atoms with Crippen LogP contribution in [0.5, 0.6) is 5.75 Å². The molecule has 2 aliphatic rings. The van der Waals surface area contributed by atoms with Gasteiger partial charge in [0.2, 0.25) is 11.8 Å². The van der Waals surface area contributed by atoms with Crippen LogP contribution < -0.4 is 31.9 Å². The summed E-state index contributed by atoms with van der Waals surface area (Å²) >= 11 is 1.85. The number of fused-ring (bicyclic) bond motifs is 1. The summed E-state index contributed by atoms with van der Waals surface area (Å²) in [5.41, 5.74) is 11.9. The van der Waals surface area contributed by atoms with Crippen LogP contribution in [0.2, 0.25) is 0 Å². The smallest absolute Gasteiger partial charge is 0.315 e. The topological polar surface area (TPSA) is 327 Å². The Balaban J connectivity index is 0.777. The normalized spacial score (nSPS) is 15.7. The number of azide groups is 1. The Kier molecular flexibility index (Phi) is 25.1. The number of hydrogen-bond donors (Lipinski definition) is 7. The van der Waals surface area contributed by atoms with Crippen molar-refractivity contribution in [2.45, 2.75) is 94.1 Å². The molecule has 1 aromatic heterocycles. The Morgan fingerprint density at radius 1 is 0.768 bits per heavy atom. The fourth-order valence-electron chi connectivity index (χ4n) is 8.95. The number of nitrogens with one attached hydrogen (secondary N) is 6. The number of rotatable bonds is 36. The number of azo groups is 1. The number of unbranched alkanes of at least 4 members (excludes halogenated alkanes) is 2. The van der Waals surface area contributed by atoms with E-state index in [0.717, 1.165) is 24.2 Å². The summed E-state index contributed by atoms with van der Waals surface area (Å²) < 4.78 is 18.6. The molecular formula is C57H70N14O10S. The first-order valence-electron chi connectivity index (χ1n) is 27.6. The number of aromatic hydroxyl groups is 1. The Bertz CT molecular complexity index is 2960. The first-order valence-corrected chi connectivity index (χ1v) is 28.6. The number of phenols is 1. The van der Waals surface area contributed by atoms with Gasteiger partial charge in [-0.3, -0.25) is 28.7 Å². The number of ketones is 1. The summed E-state index contributed by atoms with van der Waals surface area (Å²) in [7, 11) is 0. The summed E-state index contributed by atoms with van der Waals surface area (Å²) in [4.78, 5) is 79.5. The highest BCUT2D eigenvalue weighted by atomic mass is 32.2. The maximum Gasteiger partial charge on any atom is 0.315 e. The van der Waals surface area contributed by atoms with Crippen LogP contribution in [-0.2, 0) is 36.8 Å². The standard InChI is InChI=1S/C57H70N14O10S/c58-69-61-28-25-39-15-24-48(72)46(36-39)67-66-44-22-20-43(21-23-44)55(76)62-45(12-6-7-29-71-37-50(68-70-71)64-51(73)14-5-4-13-49-52-47(38-82-49)63-57(78)65-52)56(77)60-27-9-31-80-33-35-81-34-32-79-30-8-26-59-54(75)42-18-16-41(17-19-42)53(74)40-10-2-1-3-11-40/h1-3,10-11,15-24,36-37,45,47,49,52,72H,4-9,12-14,25-35,38H2,(H,59,75)(H,60,77)(H,62,76)(H,64,73)(H2,63,65,78)/t45-,47+,49+,52+/m0/s1. The van der Waals surface area contributed by atoms with Crippen molar-refractivity contribution >= 4 is 64.4 Å². The number of ether oxygens (including phenoxy) is 3. The van der Waals surface area contributed by atoms with Crippen molar-refractivity contribution in [1.82, 2.24) is 41.6 Å². The Labute approximate surface area is 479 Å². The zero-order chi connectivity index (χ0) is 57.7. The van der Waals surface area contributed by atoms with Gasteiger partial charge in [0, 0.05) is 84.0 Å². The van der Waals surface area contributed by atoms with Crippen LogP contribution >= 0.6 is 11.8 Å². The van der Waals surface area contributed by atoms with Crippen molar-refractivity contribution in [3.8, 4) is 5.75 Å². The van der Waals surface area contributed by atoms with E-state index in [1.807, 2.05) is 30.0 Å². The van der Waals surface area contributed by atoms with E-state index in [1.165, 1.54) is 6.07 Å². The molecule has 0 bridgehead atoms. The molecular weight excluding hydrogens is 1070 g/mol. The van der Waals surface area contributed by atoms with E-state index in [1.54, 1.807) is 83.7 Å². The van der Waals surface area contributed by atoms with Crippen LogP contribution in [0.1, 0.15) is 100.0 Å². The molecule has 0 aliphatic carbocycles. The van der Waals surface area contributed by atoms with E-state index < -0.39 is 11.9 Å². The molecule has 434 valence electrons. The van der Waals surface area contributed by atoms with Gasteiger partial charge in [-0.1, -0.05) is 65.3 Å². The van der Waals surface area contributed by atoms with E-state index >= 15 is 0 Å². The number of anilines is 1. The number of nitrogens with zero attached hydrogens (tertiary/aromatic N) is 8. The molecule has 0 saturated carbocycles. The van der Waals surface area contributed by atoms with Crippen molar-refractivity contribution in [2.75, 3.05) is 70.3 Å². The highest BCUT2D eigenvalue weighted by Gasteiger charge is 2.42. The number of hydrogen-bond acceptors (Lipinski definition) is 16. The molecule has 6 amide bonds. The second-order valence-corrected chi connectivity index (χ2v) is 20.7. The number of benzene rings is 4. The first kappa shape index (κ1) is 61.4. The molecule has 0 unspecified atom stereocenters. The van der Waals surface area contributed by atoms with Crippen LogP contribution in [0.25, 0.3) is 10.4 Å². The molecule has 4 aromatic carbocycles. The highest BCUT2D eigenvalue weighted by Crippen LogP contribution is 2.33. The SMILES string of the molecule is [N-]=[N+]=NCCc1ccc(O)c(N=Nc2ccc(C(=O)N[C@@H](CCCCn3cc(NC(=O)CCCC[C@H]4SC[C@H]5NC(=O)N[C@H]54)nn3)C(=O)NCCCOCCOCCOCCCNC(=O)c3ccc(C(=O)c4ccccc4)cc3)cc2)c1. The van der Waals surface area contributed by atoms with E-state index in [0.29, 0.717) is 150 Å². The molecule has 24 nitrogen and oxygen atoms in total. The molecule has 0 radical (unpaired) electrons. The number of carbonyl (C=O) groups excluding carboxylic acids is 6. The van der Waals surface area contributed by atoms with Crippen LogP contribution in [-0.4, -0.2) is 144 Å². The summed E-state index contributed by atoms with van der Waals surface area (Å²) in [6.07, 6.45) is 7.54. The molecule has 5 aromatic rings. The Hall–Kier alpha value is -8.22. The van der Waals surface area contributed by atoms with Gasteiger partial charge in [-0.05, 0) is 111 Å². The molecule has 2 fully saturated rings. The van der Waals surface area contributed by atoms with Gasteiger partial charge in [0.15, 0.2) is 11.6 Å². The fraction of sp³-hybridized carbons (Fsp3) is 0.439. The number of thioether (sulfide) groups is 1. The van der Waals surface area contributed by atoms with Gasteiger partial charge >= 0.3 is 6.03 Å². The summed E-state index contributed by atoms with van der Waals surface area (Å²) in [5, 5.41) is 48.2. The predicted molar refractivity (Wildman–Crippen MR) is 308 cm³/mol. The van der Waals surface area contributed by atoms with Gasteiger partial charge in [-0.2, -0.15) is 16.9 Å². The number of aryl methyl sites for hydroxylation is 1. The van der Waals surface area contributed by atoms with Crippen LogP contribution in [0.15, 0.2) is 119 Å². The average Bonchev–Trinajstić information content (AvgIpc) is 4.42. The zero-order valence-electron chi connectivity index (χ0n) is 45.6. The lowest BCUT2D eigenvalue weighted by molar-refractivity contribution is -0.123. The monoisotopic (exact) mass is 1140 g/mol. The minimum Gasteiger partial charge on any atom is -0.506 e. The van der Waals surface area contributed by atoms with Gasteiger partial charge < -0.3 is 51.2 Å². The minimum atomic E-state index is -0.869. The Morgan fingerprint density at radius 3 is 2.20 bits per heavy atom. The zero-order valence-corrected chi connectivity index (χ0v) is 46.4. The van der Waals surface area contributed by atoms with Crippen molar-refractivity contribution in [3.05, 3.63) is 142 Å². The predicted octanol–water partition coefficient (Wildman–Crippen LogP) is 7.49. The number of amides is 6. The van der Waals surface area contributed by atoms with Crippen molar-refractivity contribution in [1.29, 1.82) is 0 Å². The molecule has 7 rings (SSSR count). The maximum atomic E-state index is 13.6. The molecule has 3 heterocycles. The number of carbonyl (C=O) groups is 6. The van der Waals surface area contributed by atoms with E-state index in [4.69, 9.17) is 19.7 Å². The molecule has 4 atom stereocenters. The van der Waals surface area contributed by atoms with E-state index in [2.05, 4.69) is 62.5 Å². The number of aromatic nitrogens is 3. The van der Waals surface area contributed by atoms with Gasteiger partial charge in [0.1, 0.15) is 17.5 Å². The fourth-order valence-corrected chi connectivity index (χ4v) is 10.5. The maximum absolute atomic E-state index is 13.6. The van der Waals surface area contributed by atoms with Crippen LogP contribution in [0.3, 0.4) is 0 Å². The molecule has 7 N–H and O–H groups in total. The van der Waals surface area contributed by atoms with Gasteiger partial charge in [-0.25, -0.2) is 4.79 Å². The summed E-state index contributed by atoms with van der Waals surface area (Å²) in [6.45, 7) is 3.70. The minimum absolute atomic E-state index is 0.0754. The van der Waals surface area contributed by atoms with Crippen LogP contribution in [0.4, 0.5) is 22.0 Å². The lowest BCUT2D eigenvalue weighted by atomic mass is 10.0. The molecule has 0 spiro atoms. The van der Waals surface area contributed by atoms with Crippen LogP contribution in [0, 0.1) is 0 Å². The molecule has 2 aliphatic heterocycles. The number of urea groups is 1. The molecule has 2 saturated heterocycles. The summed E-state index contributed by atoms with van der Waals surface area (Å²) in [6, 6.07) is 26.0. The lowest BCUT2D eigenvalue weighted by Crippen LogP contribution is -2.47. The van der Waals surface area contributed by atoms with Gasteiger partial charge in [0.25, 0.3) is 11.8 Å². The third kappa shape index (κ3) is 20.4. The first-order chi connectivity index (χ1) is 40.0. The van der Waals surface area contributed by atoms with Crippen molar-refractivity contribution in [2.24, 2.45) is 15.3 Å². The molecule has 25 heteroatoms. The second-order valence-electron chi connectivity index (χ2n) is 19.4.